The molecule has 0 amide bonds. The van der Waals surface area contributed by atoms with Gasteiger partial charge in [0.15, 0.2) is 0 Å². The molecule has 0 radical (unpaired) electrons. The van der Waals surface area contributed by atoms with Crippen LogP contribution in [0.25, 0.3) is 0 Å². The maximum Gasteiger partial charge on any atom is 0.325 e. The second-order valence-electron chi connectivity index (χ2n) is 7.47. The van der Waals surface area contributed by atoms with Gasteiger partial charge in [0.1, 0.15) is 11.9 Å². The summed E-state index contributed by atoms with van der Waals surface area (Å²) >= 11 is 0. The number of hydrogen-bond donors (Lipinski definition) is 1. The molecule has 0 spiro atoms. The Morgan fingerprint density at radius 3 is 2.21 bits per heavy atom. The van der Waals surface area contributed by atoms with Crippen LogP contribution in [0.4, 0.5) is 11.5 Å². The number of pyridine rings is 2. The molecule has 2 fully saturated rings. The Morgan fingerprint density at radius 2 is 1.61 bits per heavy atom. The highest BCUT2D eigenvalue weighted by molar-refractivity contribution is 5.75. The van der Waals surface area contributed by atoms with Gasteiger partial charge in [0.2, 0.25) is 0 Å². The average Bonchev–Trinajstić information content (AvgIpc) is 2.76. The molecule has 2 aliphatic heterocycles. The van der Waals surface area contributed by atoms with Crippen LogP contribution in [-0.4, -0.2) is 65.2 Å². The number of piperazine rings is 1. The highest BCUT2D eigenvalue weighted by Crippen LogP contribution is 2.26. The molecule has 7 nitrogen and oxygen atoms in total. The predicted octanol–water partition coefficient (Wildman–Crippen LogP) is 2.41. The number of rotatable bonds is 5. The number of carboxylic acids is 1. The van der Waals surface area contributed by atoms with Crippen LogP contribution >= 0.6 is 0 Å². The quantitative estimate of drug-likeness (QED) is 0.853. The van der Waals surface area contributed by atoms with E-state index in [9.17, 15) is 9.90 Å². The summed E-state index contributed by atoms with van der Waals surface area (Å²) in [5, 5.41) is 9.88. The Kier molecular flexibility index (Phi) is 5.71. The molecule has 0 saturated carbocycles. The molecule has 0 unspecified atom stereocenters. The summed E-state index contributed by atoms with van der Waals surface area (Å²) in [5.41, 5.74) is 1.89. The van der Waals surface area contributed by atoms with Crippen molar-refractivity contribution in [1.29, 1.82) is 0 Å². The molecular formula is C21H27N5O2. The van der Waals surface area contributed by atoms with Gasteiger partial charge in [-0.15, -0.1) is 0 Å². The Hall–Kier alpha value is -2.67. The van der Waals surface area contributed by atoms with Crippen LogP contribution in [0.3, 0.4) is 0 Å². The van der Waals surface area contributed by atoms with Crippen molar-refractivity contribution in [2.45, 2.75) is 25.3 Å². The van der Waals surface area contributed by atoms with Crippen molar-refractivity contribution in [3.63, 3.8) is 0 Å². The van der Waals surface area contributed by atoms with Crippen molar-refractivity contribution in [3.05, 3.63) is 48.4 Å². The second-order valence-corrected chi connectivity index (χ2v) is 7.47. The van der Waals surface area contributed by atoms with Gasteiger partial charge in [0.05, 0.1) is 0 Å². The number of aliphatic carboxylic acids is 1. The zero-order valence-electron chi connectivity index (χ0n) is 16.1. The third kappa shape index (κ3) is 4.09. The third-order valence-corrected chi connectivity index (χ3v) is 5.71. The van der Waals surface area contributed by atoms with E-state index in [0.29, 0.717) is 13.1 Å². The minimum Gasteiger partial charge on any atom is -0.480 e. The summed E-state index contributed by atoms with van der Waals surface area (Å²) in [6.45, 7) is 5.07. The highest BCUT2D eigenvalue weighted by atomic mass is 16.4. The molecule has 28 heavy (non-hydrogen) atoms. The van der Waals surface area contributed by atoms with E-state index < -0.39 is 12.0 Å². The van der Waals surface area contributed by atoms with Crippen molar-refractivity contribution in [3.8, 4) is 0 Å². The Labute approximate surface area is 165 Å². The van der Waals surface area contributed by atoms with E-state index >= 15 is 0 Å². The van der Waals surface area contributed by atoms with Crippen molar-refractivity contribution in [2.24, 2.45) is 0 Å². The first-order valence-electron chi connectivity index (χ1n) is 10.0. The van der Waals surface area contributed by atoms with Crippen LogP contribution in [-0.2, 0) is 4.79 Å². The highest BCUT2D eigenvalue weighted by Gasteiger charge is 2.30. The number of hydrogen-bond acceptors (Lipinski definition) is 6. The first-order chi connectivity index (χ1) is 13.7. The maximum atomic E-state index is 12.0. The molecule has 0 aromatic carbocycles. The Bertz CT molecular complexity index is 769. The molecule has 7 heteroatoms. The molecule has 2 aromatic rings. The van der Waals surface area contributed by atoms with E-state index in [4.69, 9.17) is 0 Å². The van der Waals surface area contributed by atoms with Gasteiger partial charge in [0.25, 0.3) is 0 Å². The number of carboxylic acid groups (broad SMARTS) is 1. The molecule has 0 aliphatic carbocycles. The van der Waals surface area contributed by atoms with E-state index in [2.05, 4.69) is 19.8 Å². The zero-order valence-corrected chi connectivity index (χ0v) is 16.1. The first-order valence-corrected chi connectivity index (χ1v) is 10.0. The van der Waals surface area contributed by atoms with E-state index in [1.807, 2.05) is 29.2 Å². The topological polar surface area (TPSA) is 72.8 Å². The molecule has 1 N–H and O–H groups in total. The fourth-order valence-electron chi connectivity index (χ4n) is 4.17. The minimum absolute atomic E-state index is 0.650. The second kappa shape index (κ2) is 8.56. The van der Waals surface area contributed by atoms with Crippen molar-refractivity contribution in [1.82, 2.24) is 14.9 Å². The van der Waals surface area contributed by atoms with Crippen molar-refractivity contribution < 1.29 is 9.90 Å². The van der Waals surface area contributed by atoms with Gasteiger partial charge in [0, 0.05) is 63.5 Å². The molecule has 2 aromatic heterocycles. The summed E-state index contributed by atoms with van der Waals surface area (Å²) < 4.78 is 0. The molecule has 0 bridgehead atoms. The number of piperidine rings is 1. The summed E-state index contributed by atoms with van der Waals surface area (Å²) in [5.74, 6) is 0.139. The zero-order chi connectivity index (χ0) is 19.3. The summed E-state index contributed by atoms with van der Waals surface area (Å²) in [6.07, 6.45) is 9.00. The SMILES string of the molecule is O=C(O)[C@@H](c1ccc(N2CCCCC2)nc1)N1CCN(c2ccncc2)CC1. The lowest BCUT2D eigenvalue weighted by molar-refractivity contribution is -0.143. The van der Waals surface area contributed by atoms with Crippen LogP contribution in [0.1, 0.15) is 30.9 Å². The van der Waals surface area contributed by atoms with Crippen molar-refractivity contribution >= 4 is 17.5 Å². The van der Waals surface area contributed by atoms with Gasteiger partial charge in [-0.1, -0.05) is 6.07 Å². The monoisotopic (exact) mass is 381 g/mol. The standard InChI is InChI=1S/C21H27N5O2/c27-21(28)20(17-4-5-19(23-16-17)25-10-2-1-3-11-25)26-14-12-24(13-15-26)18-6-8-22-9-7-18/h4-9,16,20H,1-3,10-15H2,(H,27,28)/t20-/m1/s1. The molecule has 1 atom stereocenters. The normalized spacial score (nSPS) is 19.4. The fourth-order valence-corrected chi connectivity index (χ4v) is 4.17. The molecule has 2 saturated heterocycles. The summed E-state index contributed by atoms with van der Waals surface area (Å²) in [4.78, 5) is 27.3. The Morgan fingerprint density at radius 1 is 0.893 bits per heavy atom. The minimum atomic E-state index is -0.815. The van der Waals surface area contributed by atoms with Crippen molar-refractivity contribution in [2.75, 3.05) is 49.1 Å². The first kappa shape index (κ1) is 18.7. The lowest BCUT2D eigenvalue weighted by atomic mass is 10.1. The lowest BCUT2D eigenvalue weighted by Gasteiger charge is -2.38. The number of nitrogens with zero attached hydrogens (tertiary/aromatic N) is 5. The Balaban J connectivity index is 1.43. The molecule has 2 aliphatic rings. The smallest absolute Gasteiger partial charge is 0.325 e. The number of aromatic nitrogens is 2. The summed E-state index contributed by atoms with van der Waals surface area (Å²) in [6, 6.07) is 7.25. The maximum absolute atomic E-state index is 12.0. The van der Waals surface area contributed by atoms with Gasteiger partial charge in [-0.3, -0.25) is 14.7 Å². The van der Waals surface area contributed by atoms with E-state index in [1.54, 1.807) is 18.6 Å². The van der Waals surface area contributed by atoms with Crippen LogP contribution in [0.2, 0.25) is 0 Å². The van der Waals surface area contributed by atoms with Gasteiger partial charge >= 0.3 is 5.97 Å². The van der Waals surface area contributed by atoms with Gasteiger partial charge in [-0.2, -0.15) is 0 Å². The third-order valence-electron chi connectivity index (χ3n) is 5.71. The molecule has 4 heterocycles. The molecule has 148 valence electrons. The molecule has 4 rings (SSSR count). The largest absolute Gasteiger partial charge is 0.480 e. The van der Waals surface area contributed by atoms with E-state index in [1.165, 1.54) is 19.3 Å². The van der Waals surface area contributed by atoms with E-state index in [-0.39, 0.29) is 0 Å². The van der Waals surface area contributed by atoms with Crippen LogP contribution in [0.5, 0.6) is 0 Å². The van der Waals surface area contributed by atoms with Crippen LogP contribution in [0, 0.1) is 0 Å². The number of anilines is 2. The number of carbonyl (C=O) groups is 1. The van der Waals surface area contributed by atoms with Gasteiger partial charge < -0.3 is 14.9 Å². The van der Waals surface area contributed by atoms with Crippen LogP contribution in [0.15, 0.2) is 42.9 Å². The summed E-state index contributed by atoms with van der Waals surface area (Å²) in [7, 11) is 0. The fraction of sp³-hybridized carbons (Fsp3) is 0.476. The lowest BCUT2D eigenvalue weighted by Crippen LogP contribution is -2.49. The van der Waals surface area contributed by atoms with E-state index in [0.717, 1.165) is 43.2 Å². The predicted molar refractivity (Wildman–Crippen MR) is 109 cm³/mol. The molecular weight excluding hydrogens is 354 g/mol. The van der Waals surface area contributed by atoms with Gasteiger partial charge in [-0.05, 0) is 43.0 Å². The average molecular weight is 381 g/mol. The van der Waals surface area contributed by atoms with Crippen LogP contribution < -0.4 is 9.80 Å². The van der Waals surface area contributed by atoms with Gasteiger partial charge in [-0.25, -0.2) is 4.98 Å².